The number of hydrogen-bond donors (Lipinski definition) is 0. The van der Waals surface area contributed by atoms with Crippen LogP contribution in [-0.2, 0) is 4.79 Å². The lowest BCUT2D eigenvalue weighted by molar-refractivity contribution is -0.116. The van der Waals surface area contributed by atoms with Crippen LogP contribution in [0.25, 0.3) is 0 Å². The second-order valence-electron chi connectivity index (χ2n) is 3.76. The predicted molar refractivity (Wildman–Crippen MR) is 47.6 cm³/mol. The van der Waals surface area contributed by atoms with E-state index in [2.05, 4.69) is 11.8 Å². The van der Waals surface area contributed by atoms with Crippen molar-refractivity contribution < 1.29 is 4.79 Å². The molecule has 0 aromatic rings. The van der Waals surface area contributed by atoms with E-state index >= 15 is 0 Å². The van der Waals surface area contributed by atoms with Gasteiger partial charge in [0.1, 0.15) is 6.29 Å². The standard InChI is InChI=1S/C9H19NO/c1-5-6-9(2,8-11)7-10(3)4/h8H,5-7H2,1-4H3/t9-/m1/s1. The maximum Gasteiger partial charge on any atom is 0.127 e. The SMILES string of the molecule is CCC[C@@](C)(C=O)CN(C)C. The monoisotopic (exact) mass is 157 g/mol. The van der Waals surface area contributed by atoms with Gasteiger partial charge in [-0.05, 0) is 20.5 Å². The normalized spacial score (nSPS) is 16.5. The van der Waals surface area contributed by atoms with Crippen molar-refractivity contribution >= 4 is 6.29 Å². The lowest BCUT2D eigenvalue weighted by Gasteiger charge is -2.25. The lowest BCUT2D eigenvalue weighted by atomic mass is 9.87. The molecule has 11 heavy (non-hydrogen) atoms. The van der Waals surface area contributed by atoms with Gasteiger partial charge in [-0.15, -0.1) is 0 Å². The van der Waals surface area contributed by atoms with Crippen LogP contribution in [0.3, 0.4) is 0 Å². The summed E-state index contributed by atoms with van der Waals surface area (Å²) in [5.74, 6) is 0. The number of rotatable bonds is 5. The number of carbonyl (C=O) groups is 1. The molecule has 0 aliphatic carbocycles. The minimum Gasteiger partial charge on any atom is -0.308 e. The summed E-state index contributed by atoms with van der Waals surface area (Å²) in [7, 11) is 3.99. The molecule has 2 nitrogen and oxygen atoms in total. The van der Waals surface area contributed by atoms with Crippen LogP contribution in [0.15, 0.2) is 0 Å². The van der Waals surface area contributed by atoms with E-state index in [4.69, 9.17) is 0 Å². The minimum atomic E-state index is -0.141. The Morgan fingerprint density at radius 1 is 1.45 bits per heavy atom. The van der Waals surface area contributed by atoms with Gasteiger partial charge in [-0.25, -0.2) is 0 Å². The lowest BCUT2D eigenvalue weighted by Crippen LogP contribution is -2.32. The highest BCUT2D eigenvalue weighted by atomic mass is 16.1. The summed E-state index contributed by atoms with van der Waals surface area (Å²) in [6, 6.07) is 0. The molecule has 0 amide bonds. The van der Waals surface area contributed by atoms with Crippen molar-refractivity contribution in [3.63, 3.8) is 0 Å². The van der Waals surface area contributed by atoms with Crippen molar-refractivity contribution in [2.75, 3.05) is 20.6 Å². The van der Waals surface area contributed by atoms with E-state index in [9.17, 15) is 4.79 Å². The molecule has 0 bridgehead atoms. The Hall–Kier alpha value is -0.370. The number of hydrogen-bond acceptors (Lipinski definition) is 2. The molecule has 0 unspecified atom stereocenters. The maximum absolute atomic E-state index is 10.7. The molecule has 66 valence electrons. The Balaban J connectivity index is 3.98. The number of nitrogens with zero attached hydrogens (tertiary/aromatic N) is 1. The highest BCUT2D eigenvalue weighted by Crippen LogP contribution is 2.20. The largest absolute Gasteiger partial charge is 0.308 e. The molecule has 0 aliphatic heterocycles. The van der Waals surface area contributed by atoms with Crippen LogP contribution < -0.4 is 0 Å². The molecule has 0 heterocycles. The summed E-state index contributed by atoms with van der Waals surface area (Å²) >= 11 is 0. The van der Waals surface area contributed by atoms with Crippen LogP contribution in [-0.4, -0.2) is 31.8 Å². The van der Waals surface area contributed by atoms with E-state index in [1.807, 2.05) is 21.0 Å². The van der Waals surface area contributed by atoms with Gasteiger partial charge in [0.25, 0.3) is 0 Å². The van der Waals surface area contributed by atoms with E-state index in [0.717, 1.165) is 25.7 Å². The molecule has 0 N–H and O–H groups in total. The second-order valence-corrected chi connectivity index (χ2v) is 3.76. The van der Waals surface area contributed by atoms with Gasteiger partial charge in [0.2, 0.25) is 0 Å². The molecular formula is C9H19NO. The molecule has 0 aliphatic rings. The highest BCUT2D eigenvalue weighted by molar-refractivity contribution is 5.58. The first-order valence-electron chi connectivity index (χ1n) is 4.15. The van der Waals surface area contributed by atoms with Gasteiger partial charge >= 0.3 is 0 Å². The van der Waals surface area contributed by atoms with Gasteiger partial charge in [0.05, 0.1) is 0 Å². The molecule has 0 rings (SSSR count). The van der Waals surface area contributed by atoms with Crippen molar-refractivity contribution in [2.24, 2.45) is 5.41 Å². The first-order valence-corrected chi connectivity index (χ1v) is 4.15. The molecule has 0 saturated heterocycles. The fraction of sp³-hybridized carbons (Fsp3) is 0.889. The van der Waals surface area contributed by atoms with Crippen LogP contribution in [0.4, 0.5) is 0 Å². The molecule has 2 heteroatoms. The molecule has 0 saturated carbocycles. The fourth-order valence-electron chi connectivity index (χ4n) is 1.47. The smallest absolute Gasteiger partial charge is 0.127 e. The van der Waals surface area contributed by atoms with E-state index in [-0.39, 0.29) is 5.41 Å². The summed E-state index contributed by atoms with van der Waals surface area (Å²) in [6.07, 6.45) is 3.13. The molecule has 0 aromatic carbocycles. The maximum atomic E-state index is 10.7. The van der Waals surface area contributed by atoms with Crippen LogP contribution in [0.2, 0.25) is 0 Å². The molecule has 1 atom stereocenters. The fourth-order valence-corrected chi connectivity index (χ4v) is 1.47. The van der Waals surface area contributed by atoms with Gasteiger partial charge in [-0.3, -0.25) is 0 Å². The first-order chi connectivity index (χ1) is 5.04. The minimum absolute atomic E-state index is 0.141. The summed E-state index contributed by atoms with van der Waals surface area (Å²) in [4.78, 5) is 12.8. The van der Waals surface area contributed by atoms with Crippen molar-refractivity contribution in [1.82, 2.24) is 4.90 Å². The molecule has 0 spiro atoms. The van der Waals surface area contributed by atoms with Crippen LogP contribution in [0.5, 0.6) is 0 Å². The van der Waals surface area contributed by atoms with Crippen molar-refractivity contribution in [2.45, 2.75) is 26.7 Å². The Morgan fingerprint density at radius 3 is 2.27 bits per heavy atom. The van der Waals surface area contributed by atoms with Crippen molar-refractivity contribution in [1.29, 1.82) is 0 Å². The van der Waals surface area contributed by atoms with E-state index in [0.29, 0.717) is 0 Å². The Kier molecular flexibility index (Phi) is 4.34. The topological polar surface area (TPSA) is 20.3 Å². The zero-order valence-electron chi connectivity index (χ0n) is 8.05. The zero-order valence-corrected chi connectivity index (χ0v) is 8.05. The number of aldehydes is 1. The third-order valence-corrected chi connectivity index (χ3v) is 1.78. The molecule has 0 fully saturated rings. The first kappa shape index (κ1) is 10.6. The Bertz CT molecular complexity index is 123. The molecule has 0 radical (unpaired) electrons. The van der Waals surface area contributed by atoms with Crippen LogP contribution in [0, 0.1) is 5.41 Å². The van der Waals surface area contributed by atoms with Gasteiger partial charge in [0, 0.05) is 12.0 Å². The average molecular weight is 157 g/mol. The Labute approximate surface area is 69.6 Å². The van der Waals surface area contributed by atoms with E-state index < -0.39 is 0 Å². The quantitative estimate of drug-likeness (QED) is 0.564. The summed E-state index contributed by atoms with van der Waals surface area (Å²) in [5.41, 5.74) is -0.141. The summed E-state index contributed by atoms with van der Waals surface area (Å²) < 4.78 is 0. The Morgan fingerprint density at radius 2 is 2.00 bits per heavy atom. The average Bonchev–Trinajstić information content (AvgIpc) is 1.87. The second kappa shape index (κ2) is 4.50. The highest BCUT2D eigenvalue weighted by Gasteiger charge is 2.22. The zero-order chi connectivity index (χ0) is 8.91. The number of carbonyl (C=O) groups excluding carboxylic acids is 1. The summed E-state index contributed by atoms with van der Waals surface area (Å²) in [5, 5.41) is 0. The van der Waals surface area contributed by atoms with Crippen LogP contribution >= 0.6 is 0 Å². The van der Waals surface area contributed by atoms with Gasteiger partial charge in [-0.2, -0.15) is 0 Å². The van der Waals surface area contributed by atoms with Crippen molar-refractivity contribution in [3.05, 3.63) is 0 Å². The van der Waals surface area contributed by atoms with E-state index in [1.54, 1.807) is 0 Å². The molecular weight excluding hydrogens is 138 g/mol. The molecule has 0 aromatic heterocycles. The van der Waals surface area contributed by atoms with Crippen molar-refractivity contribution in [3.8, 4) is 0 Å². The van der Waals surface area contributed by atoms with Crippen LogP contribution in [0.1, 0.15) is 26.7 Å². The van der Waals surface area contributed by atoms with E-state index in [1.165, 1.54) is 0 Å². The third kappa shape index (κ3) is 4.14. The third-order valence-electron chi connectivity index (χ3n) is 1.78. The summed E-state index contributed by atoms with van der Waals surface area (Å²) in [6.45, 7) is 4.98. The van der Waals surface area contributed by atoms with Gasteiger partial charge in [-0.1, -0.05) is 20.3 Å². The predicted octanol–water partition coefficient (Wildman–Crippen LogP) is 1.55. The van der Waals surface area contributed by atoms with Gasteiger partial charge in [0.15, 0.2) is 0 Å². The van der Waals surface area contributed by atoms with Gasteiger partial charge < -0.3 is 9.69 Å².